The first-order valence-corrected chi connectivity index (χ1v) is 7.44. The van der Waals surface area contributed by atoms with Crippen molar-refractivity contribution in [1.82, 2.24) is 9.80 Å². The second kappa shape index (κ2) is 6.57. The number of anilines is 1. The highest BCUT2D eigenvalue weighted by atomic mass is 16.3. The Morgan fingerprint density at radius 2 is 1.70 bits per heavy atom. The predicted molar refractivity (Wildman–Crippen MR) is 83.7 cm³/mol. The smallest absolute Gasteiger partial charge is 0.0718 e. The Kier molecular flexibility index (Phi) is 5.02. The first kappa shape index (κ1) is 15.3. The second-order valence-electron chi connectivity index (χ2n) is 6.38. The molecule has 2 rings (SSSR count). The number of benzene rings is 1. The van der Waals surface area contributed by atoms with Crippen LogP contribution in [-0.4, -0.2) is 59.8 Å². The van der Waals surface area contributed by atoms with Crippen molar-refractivity contribution in [3.63, 3.8) is 0 Å². The third kappa shape index (κ3) is 4.78. The number of nitrogens with two attached hydrogens (primary N) is 1. The third-order valence-electron chi connectivity index (χ3n) is 3.83. The minimum absolute atomic E-state index is 0.597. The van der Waals surface area contributed by atoms with Crippen molar-refractivity contribution in [3.8, 4) is 0 Å². The molecule has 1 aliphatic rings. The lowest BCUT2D eigenvalue weighted by Gasteiger charge is -2.37. The van der Waals surface area contributed by atoms with Gasteiger partial charge in [-0.3, -0.25) is 4.90 Å². The highest BCUT2D eigenvalue weighted by Gasteiger charge is 2.22. The van der Waals surface area contributed by atoms with Crippen molar-refractivity contribution in [2.45, 2.75) is 25.9 Å². The first-order chi connectivity index (χ1) is 9.44. The molecule has 1 aromatic carbocycles. The average molecular weight is 277 g/mol. The molecule has 0 spiro atoms. The van der Waals surface area contributed by atoms with Crippen LogP contribution in [0.25, 0.3) is 0 Å². The Labute approximate surface area is 122 Å². The molecule has 4 nitrogen and oxygen atoms in total. The topological polar surface area (TPSA) is 52.7 Å². The lowest BCUT2D eigenvalue weighted by Crippen LogP contribution is -2.50. The molecular weight excluding hydrogens is 250 g/mol. The van der Waals surface area contributed by atoms with Gasteiger partial charge in [0.05, 0.1) is 5.60 Å². The van der Waals surface area contributed by atoms with Crippen LogP contribution in [0.5, 0.6) is 0 Å². The van der Waals surface area contributed by atoms with Crippen LogP contribution in [0, 0.1) is 0 Å². The third-order valence-corrected chi connectivity index (χ3v) is 3.83. The fourth-order valence-electron chi connectivity index (χ4n) is 2.76. The predicted octanol–water partition coefficient (Wildman–Crippen LogP) is 1.20. The van der Waals surface area contributed by atoms with E-state index in [0.717, 1.165) is 51.4 Å². The lowest BCUT2D eigenvalue weighted by atomic mass is 10.1. The molecule has 0 unspecified atom stereocenters. The largest absolute Gasteiger partial charge is 0.399 e. The van der Waals surface area contributed by atoms with Crippen molar-refractivity contribution in [2.75, 3.05) is 45.0 Å². The van der Waals surface area contributed by atoms with Gasteiger partial charge in [0, 0.05) is 45.0 Å². The molecule has 0 radical (unpaired) electrons. The minimum Gasteiger partial charge on any atom is -0.399 e. The number of aliphatic hydroxyl groups is 1. The van der Waals surface area contributed by atoms with E-state index < -0.39 is 5.60 Å². The standard InChI is InChI=1S/C16H27N3O/c1-16(2,20)13-19-11-9-18(10-12-19)8-7-14-5-3-4-6-15(14)17/h3-6,20H,7-13,17H2,1-2H3. The molecular formula is C16H27N3O. The fraction of sp³-hybridized carbons (Fsp3) is 0.625. The Bertz CT molecular complexity index is 420. The summed E-state index contributed by atoms with van der Waals surface area (Å²) in [6.45, 7) is 9.78. The Hall–Kier alpha value is -1.10. The molecule has 20 heavy (non-hydrogen) atoms. The summed E-state index contributed by atoms with van der Waals surface area (Å²) < 4.78 is 0. The summed E-state index contributed by atoms with van der Waals surface area (Å²) in [5, 5.41) is 9.85. The van der Waals surface area contributed by atoms with Gasteiger partial charge in [0.2, 0.25) is 0 Å². The van der Waals surface area contributed by atoms with E-state index in [0.29, 0.717) is 0 Å². The highest BCUT2D eigenvalue weighted by Crippen LogP contribution is 2.13. The van der Waals surface area contributed by atoms with E-state index >= 15 is 0 Å². The molecule has 0 aliphatic carbocycles. The van der Waals surface area contributed by atoms with Crippen LogP contribution in [-0.2, 0) is 6.42 Å². The van der Waals surface area contributed by atoms with Crippen LogP contribution in [0.15, 0.2) is 24.3 Å². The Morgan fingerprint density at radius 3 is 2.30 bits per heavy atom. The maximum atomic E-state index is 9.85. The Balaban J connectivity index is 1.74. The Morgan fingerprint density at radius 1 is 1.10 bits per heavy atom. The van der Waals surface area contributed by atoms with Gasteiger partial charge in [-0.05, 0) is 31.9 Å². The van der Waals surface area contributed by atoms with Crippen LogP contribution in [0.3, 0.4) is 0 Å². The molecule has 1 fully saturated rings. The SMILES string of the molecule is CC(C)(O)CN1CCN(CCc2ccccc2N)CC1. The van der Waals surface area contributed by atoms with Crippen molar-refractivity contribution in [1.29, 1.82) is 0 Å². The molecule has 1 saturated heterocycles. The van der Waals surface area contributed by atoms with Gasteiger partial charge < -0.3 is 15.7 Å². The molecule has 0 bridgehead atoms. The zero-order valence-corrected chi connectivity index (χ0v) is 12.7. The maximum absolute atomic E-state index is 9.85. The summed E-state index contributed by atoms with van der Waals surface area (Å²) in [6.07, 6.45) is 1.01. The van der Waals surface area contributed by atoms with E-state index in [2.05, 4.69) is 15.9 Å². The van der Waals surface area contributed by atoms with E-state index in [1.54, 1.807) is 0 Å². The number of rotatable bonds is 5. The number of β-amino-alcohol motifs (C(OH)–C–C–N with tert-alkyl or cyclic N) is 1. The molecule has 0 aromatic heterocycles. The number of hydrogen-bond acceptors (Lipinski definition) is 4. The summed E-state index contributed by atoms with van der Waals surface area (Å²) >= 11 is 0. The van der Waals surface area contributed by atoms with E-state index in [9.17, 15) is 5.11 Å². The quantitative estimate of drug-likeness (QED) is 0.794. The second-order valence-corrected chi connectivity index (χ2v) is 6.38. The molecule has 0 amide bonds. The van der Waals surface area contributed by atoms with Gasteiger partial charge in [-0.2, -0.15) is 0 Å². The highest BCUT2D eigenvalue weighted by molar-refractivity contribution is 5.46. The number of hydrogen-bond donors (Lipinski definition) is 2. The minimum atomic E-state index is -0.597. The van der Waals surface area contributed by atoms with Crippen molar-refractivity contribution in [2.24, 2.45) is 0 Å². The lowest BCUT2D eigenvalue weighted by molar-refractivity contribution is 0.0180. The molecule has 112 valence electrons. The fourth-order valence-corrected chi connectivity index (χ4v) is 2.76. The summed E-state index contributed by atoms with van der Waals surface area (Å²) in [4.78, 5) is 4.82. The maximum Gasteiger partial charge on any atom is 0.0718 e. The van der Waals surface area contributed by atoms with Gasteiger partial charge in [0.15, 0.2) is 0 Å². The molecule has 3 N–H and O–H groups in total. The van der Waals surface area contributed by atoms with Gasteiger partial charge in [0.1, 0.15) is 0 Å². The molecule has 0 saturated carbocycles. The number of piperazine rings is 1. The molecule has 4 heteroatoms. The normalized spacial score (nSPS) is 18.4. The van der Waals surface area contributed by atoms with E-state index in [4.69, 9.17) is 5.73 Å². The molecule has 1 aliphatic heterocycles. The van der Waals surface area contributed by atoms with Crippen molar-refractivity contribution < 1.29 is 5.11 Å². The number of para-hydroxylation sites is 1. The summed E-state index contributed by atoms with van der Waals surface area (Å²) in [6, 6.07) is 8.11. The first-order valence-electron chi connectivity index (χ1n) is 7.44. The van der Waals surface area contributed by atoms with Gasteiger partial charge in [-0.1, -0.05) is 18.2 Å². The monoisotopic (exact) mass is 277 g/mol. The van der Waals surface area contributed by atoms with Crippen LogP contribution in [0.4, 0.5) is 5.69 Å². The molecule has 1 heterocycles. The van der Waals surface area contributed by atoms with Gasteiger partial charge >= 0.3 is 0 Å². The number of nitrogen functional groups attached to an aromatic ring is 1. The zero-order valence-electron chi connectivity index (χ0n) is 12.7. The van der Waals surface area contributed by atoms with E-state index in [1.807, 2.05) is 32.0 Å². The van der Waals surface area contributed by atoms with Gasteiger partial charge in [-0.25, -0.2) is 0 Å². The van der Waals surface area contributed by atoms with Crippen LogP contribution < -0.4 is 5.73 Å². The average Bonchev–Trinajstić information content (AvgIpc) is 2.38. The zero-order chi connectivity index (χ0) is 14.6. The molecule has 0 atom stereocenters. The summed E-state index contributed by atoms with van der Waals surface area (Å²) in [7, 11) is 0. The summed E-state index contributed by atoms with van der Waals surface area (Å²) in [5.74, 6) is 0. The molecule has 1 aromatic rings. The van der Waals surface area contributed by atoms with Gasteiger partial charge in [0.25, 0.3) is 0 Å². The van der Waals surface area contributed by atoms with E-state index in [1.165, 1.54) is 5.56 Å². The van der Waals surface area contributed by atoms with Crippen LogP contribution in [0.1, 0.15) is 19.4 Å². The van der Waals surface area contributed by atoms with Crippen LogP contribution >= 0.6 is 0 Å². The number of nitrogens with zero attached hydrogens (tertiary/aromatic N) is 2. The van der Waals surface area contributed by atoms with Crippen LogP contribution in [0.2, 0.25) is 0 Å². The van der Waals surface area contributed by atoms with E-state index in [-0.39, 0.29) is 0 Å². The van der Waals surface area contributed by atoms with Crippen molar-refractivity contribution in [3.05, 3.63) is 29.8 Å². The van der Waals surface area contributed by atoms with Gasteiger partial charge in [-0.15, -0.1) is 0 Å². The summed E-state index contributed by atoms with van der Waals surface area (Å²) in [5.41, 5.74) is 7.52. The van der Waals surface area contributed by atoms with Crippen molar-refractivity contribution >= 4 is 5.69 Å².